The molecular weight excluding hydrogens is 661 g/mol. The van der Waals surface area contributed by atoms with Gasteiger partial charge in [0.15, 0.2) is 0 Å². The maximum atomic E-state index is 7.12. The van der Waals surface area contributed by atoms with Crippen LogP contribution in [0.25, 0.3) is 11.1 Å². The van der Waals surface area contributed by atoms with Gasteiger partial charge in [-0.1, -0.05) is 129 Å². The summed E-state index contributed by atoms with van der Waals surface area (Å²) in [6, 6.07) is 0. The number of hydrogen-bond donors (Lipinski definition) is 0. The zero-order valence-electron chi connectivity index (χ0n) is 38.7. The summed E-state index contributed by atoms with van der Waals surface area (Å²) in [4.78, 5) is 0. The zero-order chi connectivity index (χ0) is 40.3. The highest BCUT2D eigenvalue weighted by Crippen LogP contribution is 2.49. The predicted octanol–water partition coefficient (Wildman–Crippen LogP) is 14.2. The molecule has 0 aliphatic heterocycles. The van der Waals surface area contributed by atoms with Gasteiger partial charge >= 0.3 is 0 Å². The van der Waals surface area contributed by atoms with E-state index in [1.165, 1.54) is 171 Å². The highest BCUT2D eigenvalue weighted by atomic mass is 16.5. The number of hydrogen-bond acceptors (Lipinski definition) is 2. The molecule has 0 atom stereocenters. The molecular formula is C50H90N2O2+2. The Morgan fingerprint density at radius 3 is 0.852 bits per heavy atom. The smallest absolute Gasteiger partial charge is 0.136 e. The van der Waals surface area contributed by atoms with E-state index in [1.807, 2.05) is 0 Å². The molecule has 4 nitrogen and oxygen atoms in total. The maximum Gasteiger partial charge on any atom is 0.136 e. The fourth-order valence-corrected chi connectivity index (χ4v) is 8.15. The number of unbranched alkanes of at least 4 members (excludes halogenated alkanes) is 18. The van der Waals surface area contributed by atoms with E-state index in [2.05, 4.69) is 97.7 Å². The van der Waals surface area contributed by atoms with Crippen LogP contribution in [-0.2, 0) is 13.1 Å². The monoisotopic (exact) mass is 751 g/mol. The van der Waals surface area contributed by atoms with E-state index < -0.39 is 0 Å². The van der Waals surface area contributed by atoms with Gasteiger partial charge in [0.1, 0.15) is 24.6 Å². The lowest BCUT2D eigenvalue weighted by Crippen LogP contribution is -2.34. The first-order valence-electron chi connectivity index (χ1n) is 22.7. The van der Waals surface area contributed by atoms with Crippen molar-refractivity contribution in [2.24, 2.45) is 0 Å². The van der Waals surface area contributed by atoms with Gasteiger partial charge in [-0.15, -0.1) is 0 Å². The number of nitrogens with zero attached hydrogens (tertiary/aromatic N) is 2. The summed E-state index contributed by atoms with van der Waals surface area (Å²) in [6.45, 7) is 22.0. The summed E-state index contributed by atoms with van der Waals surface area (Å²) in [6.07, 6.45) is 26.6. The predicted molar refractivity (Wildman–Crippen MR) is 238 cm³/mol. The molecule has 54 heavy (non-hydrogen) atoms. The Hall–Kier alpha value is -2.04. The molecule has 310 valence electrons. The van der Waals surface area contributed by atoms with Crippen LogP contribution in [-0.4, -0.2) is 64.5 Å². The van der Waals surface area contributed by atoms with Gasteiger partial charge in [-0.3, -0.25) is 0 Å². The molecule has 2 rings (SSSR count). The van der Waals surface area contributed by atoms with Crippen molar-refractivity contribution < 1.29 is 18.4 Å². The van der Waals surface area contributed by atoms with E-state index in [9.17, 15) is 0 Å². The van der Waals surface area contributed by atoms with E-state index in [0.29, 0.717) is 0 Å². The topological polar surface area (TPSA) is 18.5 Å². The van der Waals surface area contributed by atoms with Crippen LogP contribution in [0.5, 0.6) is 11.5 Å². The molecule has 0 amide bonds. The molecule has 0 saturated heterocycles. The van der Waals surface area contributed by atoms with Crippen molar-refractivity contribution in [3.63, 3.8) is 0 Å². The van der Waals surface area contributed by atoms with Crippen LogP contribution in [0.2, 0.25) is 0 Å². The third kappa shape index (κ3) is 16.2. The normalized spacial score (nSPS) is 12.2. The van der Waals surface area contributed by atoms with Crippen LogP contribution in [0.15, 0.2) is 0 Å². The second-order valence-electron chi connectivity index (χ2n) is 19.1. The minimum Gasteiger partial charge on any atom is -0.492 e. The highest BCUT2D eigenvalue weighted by molar-refractivity contribution is 5.86. The van der Waals surface area contributed by atoms with Gasteiger partial charge in [0.2, 0.25) is 0 Å². The molecule has 0 N–H and O–H groups in total. The molecule has 2 aromatic carbocycles. The SMILES string of the molecule is CCCCCCCCCCCCOc1c(C[N+](C)(C)C)c(C)c(C)c(C)c1-c1c(C)c(C)c(C)c(C[N+](C)(C)C)c1OCCCCCCCCCCCC. The van der Waals surface area contributed by atoms with Gasteiger partial charge in [0.25, 0.3) is 0 Å². The van der Waals surface area contributed by atoms with Gasteiger partial charge in [-0.25, -0.2) is 0 Å². The van der Waals surface area contributed by atoms with Crippen molar-refractivity contribution in [3.8, 4) is 22.6 Å². The zero-order valence-corrected chi connectivity index (χ0v) is 38.7. The van der Waals surface area contributed by atoms with Crippen molar-refractivity contribution >= 4 is 0 Å². The summed E-state index contributed by atoms with van der Waals surface area (Å²) >= 11 is 0. The Labute approximate surface area is 337 Å². The van der Waals surface area contributed by atoms with E-state index in [-0.39, 0.29) is 0 Å². The van der Waals surface area contributed by atoms with E-state index in [4.69, 9.17) is 9.47 Å². The molecule has 0 fully saturated rings. The molecule has 0 aliphatic rings. The summed E-state index contributed by atoms with van der Waals surface area (Å²) < 4.78 is 16.0. The quantitative estimate of drug-likeness (QED) is 0.0609. The Balaban J connectivity index is 2.50. The second-order valence-corrected chi connectivity index (χ2v) is 19.1. The molecule has 0 bridgehead atoms. The minimum absolute atomic E-state index is 0.764. The molecule has 0 aromatic heterocycles. The van der Waals surface area contributed by atoms with Crippen LogP contribution in [0.3, 0.4) is 0 Å². The number of benzene rings is 2. The molecule has 2 aromatic rings. The molecule has 0 saturated carbocycles. The average molecular weight is 751 g/mol. The molecule has 0 aliphatic carbocycles. The lowest BCUT2D eigenvalue weighted by Gasteiger charge is -2.32. The van der Waals surface area contributed by atoms with Crippen LogP contribution < -0.4 is 9.47 Å². The molecule has 0 heterocycles. The summed E-state index contributed by atoms with van der Waals surface area (Å²) in [5.74, 6) is 2.21. The van der Waals surface area contributed by atoms with Gasteiger partial charge in [0.05, 0.1) is 66.6 Å². The van der Waals surface area contributed by atoms with Crippen molar-refractivity contribution in [2.45, 2.75) is 197 Å². The highest BCUT2D eigenvalue weighted by Gasteiger charge is 2.31. The Kier molecular flexibility index (Phi) is 21.9. The van der Waals surface area contributed by atoms with Gasteiger partial charge in [-0.2, -0.15) is 0 Å². The third-order valence-corrected chi connectivity index (χ3v) is 11.9. The average Bonchev–Trinajstić information content (AvgIpc) is 3.10. The van der Waals surface area contributed by atoms with E-state index in [0.717, 1.165) is 59.6 Å². The summed E-state index contributed by atoms with van der Waals surface area (Å²) in [5.41, 5.74) is 13.5. The second kappa shape index (κ2) is 24.6. The third-order valence-electron chi connectivity index (χ3n) is 11.9. The number of ether oxygens (including phenoxy) is 2. The Morgan fingerprint density at radius 1 is 0.333 bits per heavy atom. The van der Waals surface area contributed by atoms with Crippen LogP contribution in [0.4, 0.5) is 0 Å². The molecule has 0 unspecified atom stereocenters. The minimum atomic E-state index is 0.764. The van der Waals surface area contributed by atoms with E-state index in [1.54, 1.807) is 0 Å². The van der Waals surface area contributed by atoms with Crippen LogP contribution in [0, 0.1) is 41.5 Å². The molecule has 0 spiro atoms. The van der Waals surface area contributed by atoms with Crippen molar-refractivity contribution in [3.05, 3.63) is 44.5 Å². The number of quaternary nitrogens is 2. The summed E-state index contributed by atoms with van der Waals surface area (Å²) in [7, 11) is 13.8. The molecule has 4 heteroatoms. The largest absolute Gasteiger partial charge is 0.492 e. The van der Waals surface area contributed by atoms with Crippen molar-refractivity contribution in [2.75, 3.05) is 55.5 Å². The fourth-order valence-electron chi connectivity index (χ4n) is 8.15. The lowest BCUT2D eigenvalue weighted by atomic mass is 9.83. The fraction of sp³-hybridized carbons (Fsp3) is 0.760. The Bertz CT molecular complexity index is 1270. The lowest BCUT2D eigenvalue weighted by molar-refractivity contribution is -0.884. The van der Waals surface area contributed by atoms with Crippen molar-refractivity contribution in [1.82, 2.24) is 0 Å². The molecule has 0 radical (unpaired) electrons. The maximum absolute atomic E-state index is 7.12. The van der Waals surface area contributed by atoms with Crippen molar-refractivity contribution in [1.29, 1.82) is 0 Å². The number of rotatable bonds is 29. The van der Waals surface area contributed by atoms with Gasteiger partial charge in [-0.05, 0) is 87.8 Å². The standard InChI is InChI=1S/C50H90N2O2/c1-15-17-19-21-23-25-27-29-31-33-35-53-49-45(37-51(9,10)11)41(5)39(3)43(7)47(49)48-44(8)40(4)42(6)46(38-52(12,13)14)50(48)54-36-34-32-30-28-26-24-22-20-18-16-2/h15-38H2,1-14H3/q+2. The van der Waals surface area contributed by atoms with E-state index >= 15 is 0 Å². The summed E-state index contributed by atoms with van der Waals surface area (Å²) in [5, 5.41) is 0. The van der Waals surface area contributed by atoms with Crippen LogP contribution >= 0.6 is 0 Å². The first-order chi connectivity index (χ1) is 25.6. The van der Waals surface area contributed by atoms with Crippen LogP contribution in [0.1, 0.15) is 187 Å². The van der Waals surface area contributed by atoms with Gasteiger partial charge in [0, 0.05) is 11.1 Å². The first kappa shape index (κ1) is 48.1. The Morgan fingerprint density at radius 2 is 0.593 bits per heavy atom. The first-order valence-corrected chi connectivity index (χ1v) is 22.7. The van der Waals surface area contributed by atoms with Gasteiger partial charge < -0.3 is 18.4 Å².